The molecule has 1 aliphatic heterocycles. The van der Waals surface area contributed by atoms with Crippen LogP contribution in [0.1, 0.15) is 38.5 Å². The molecular weight excluding hydrogens is 262 g/mol. The second kappa shape index (κ2) is 7.59. The van der Waals surface area contributed by atoms with Gasteiger partial charge in [-0.25, -0.2) is 0 Å². The Bertz CT molecular complexity index is 340. The highest BCUT2D eigenvalue weighted by molar-refractivity contribution is 5.77. The molecule has 0 radical (unpaired) electrons. The van der Waals surface area contributed by atoms with Gasteiger partial charge in [-0.3, -0.25) is 9.59 Å². The Labute approximate surface area is 119 Å². The first-order chi connectivity index (χ1) is 9.65. The Morgan fingerprint density at radius 1 is 1.25 bits per heavy atom. The number of aliphatic carboxylic acids is 1. The fourth-order valence-corrected chi connectivity index (χ4v) is 2.78. The van der Waals surface area contributed by atoms with Crippen molar-refractivity contribution in [2.75, 3.05) is 26.3 Å². The monoisotopic (exact) mass is 285 g/mol. The van der Waals surface area contributed by atoms with E-state index in [2.05, 4.69) is 0 Å². The molecule has 6 heteroatoms. The molecule has 0 aromatic carbocycles. The van der Waals surface area contributed by atoms with Crippen molar-refractivity contribution in [2.24, 2.45) is 0 Å². The lowest BCUT2D eigenvalue weighted by molar-refractivity contribution is -0.151. The lowest BCUT2D eigenvalue weighted by Crippen LogP contribution is -2.47. The summed E-state index contributed by atoms with van der Waals surface area (Å²) in [5.74, 6) is -0.961. The molecule has 1 N–H and O–H groups in total. The molecule has 2 aliphatic rings. The lowest BCUT2D eigenvalue weighted by Gasteiger charge is -2.32. The van der Waals surface area contributed by atoms with Gasteiger partial charge in [0.05, 0.1) is 25.2 Å². The summed E-state index contributed by atoms with van der Waals surface area (Å²) in [6.45, 7) is 1.36. The summed E-state index contributed by atoms with van der Waals surface area (Å²) in [4.78, 5) is 24.4. The van der Waals surface area contributed by atoms with Crippen molar-refractivity contribution in [3.05, 3.63) is 0 Å². The van der Waals surface area contributed by atoms with Crippen LogP contribution in [0.25, 0.3) is 0 Å². The summed E-state index contributed by atoms with van der Waals surface area (Å²) in [7, 11) is 0. The minimum atomic E-state index is -0.900. The first-order valence-corrected chi connectivity index (χ1v) is 7.38. The molecule has 0 spiro atoms. The van der Waals surface area contributed by atoms with Crippen LogP contribution < -0.4 is 0 Å². The van der Waals surface area contributed by atoms with Crippen molar-refractivity contribution in [2.45, 2.75) is 50.7 Å². The molecule has 1 atom stereocenters. The van der Waals surface area contributed by atoms with Gasteiger partial charge in [0.2, 0.25) is 5.91 Å². The van der Waals surface area contributed by atoms with Gasteiger partial charge >= 0.3 is 5.97 Å². The van der Waals surface area contributed by atoms with Crippen molar-refractivity contribution in [3.63, 3.8) is 0 Å². The number of hydrogen-bond donors (Lipinski definition) is 1. The summed E-state index contributed by atoms with van der Waals surface area (Å²) in [5.41, 5.74) is 0. The third-order valence-electron chi connectivity index (χ3n) is 3.89. The average Bonchev–Trinajstić information content (AvgIpc) is 2.45. The number of carboxylic acids is 1. The predicted molar refractivity (Wildman–Crippen MR) is 71.4 cm³/mol. The Kier molecular flexibility index (Phi) is 5.79. The highest BCUT2D eigenvalue weighted by atomic mass is 16.5. The quantitative estimate of drug-likeness (QED) is 0.816. The van der Waals surface area contributed by atoms with Crippen LogP contribution in [-0.4, -0.2) is 60.4 Å². The van der Waals surface area contributed by atoms with E-state index >= 15 is 0 Å². The predicted octanol–water partition coefficient (Wildman–Crippen LogP) is 1.04. The van der Waals surface area contributed by atoms with Gasteiger partial charge in [-0.1, -0.05) is 19.3 Å². The third kappa shape index (κ3) is 4.76. The minimum Gasteiger partial charge on any atom is -0.481 e. The Balaban J connectivity index is 1.72. The first-order valence-electron chi connectivity index (χ1n) is 7.38. The molecule has 6 nitrogen and oxygen atoms in total. The number of nitrogens with zero attached hydrogens (tertiary/aromatic N) is 1. The zero-order valence-corrected chi connectivity index (χ0v) is 11.8. The number of carbonyl (C=O) groups excluding carboxylic acids is 1. The summed E-state index contributed by atoms with van der Waals surface area (Å²) >= 11 is 0. The molecule has 2 fully saturated rings. The van der Waals surface area contributed by atoms with Crippen LogP contribution in [0.4, 0.5) is 0 Å². The fraction of sp³-hybridized carbons (Fsp3) is 0.857. The number of rotatable bonds is 5. The number of morpholine rings is 1. The van der Waals surface area contributed by atoms with Gasteiger partial charge in [-0.2, -0.15) is 0 Å². The molecule has 1 amide bonds. The smallest absolute Gasteiger partial charge is 0.306 e. The van der Waals surface area contributed by atoms with Crippen molar-refractivity contribution in [1.29, 1.82) is 0 Å². The largest absolute Gasteiger partial charge is 0.481 e. The molecule has 0 aromatic heterocycles. The zero-order chi connectivity index (χ0) is 14.4. The standard InChI is InChI=1S/C14H23NO5/c16-13(10-20-11-4-2-1-3-5-11)15-6-7-19-12(9-15)8-14(17)18/h11-12H,1-10H2,(H,17,18)/t12-/m0/s1. The van der Waals surface area contributed by atoms with E-state index in [4.69, 9.17) is 14.6 Å². The van der Waals surface area contributed by atoms with Crippen LogP contribution >= 0.6 is 0 Å². The average molecular weight is 285 g/mol. The third-order valence-corrected chi connectivity index (χ3v) is 3.89. The molecule has 1 aliphatic carbocycles. The number of amides is 1. The van der Waals surface area contributed by atoms with E-state index in [1.165, 1.54) is 19.3 Å². The van der Waals surface area contributed by atoms with Crippen molar-refractivity contribution in [1.82, 2.24) is 4.90 Å². The number of ether oxygens (including phenoxy) is 2. The molecule has 0 bridgehead atoms. The summed E-state index contributed by atoms with van der Waals surface area (Å²) in [6.07, 6.45) is 5.44. The molecular formula is C14H23NO5. The van der Waals surface area contributed by atoms with Crippen LogP contribution in [0.15, 0.2) is 0 Å². The number of carbonyl (C=O) groups is 2. The van der Waals surface area contributed by atoms with Gasteiger partial charge in [-0.15, -0.1) is 0 Å². The van der Waals surface area contributed by atoms with Gasteiger partial charge in [0.1, 0.15) is 6.61 Å². The van der Waals surface area contributed by atoms with Crippen LogP contribution in [0.2, 0.25) is 0 Å². The Hall–Kier alpha value is -1.14. The van der Waals surface area contributed by atoms with E-state index in [0.717, 1.165) is 12.8 Å². The minimum absolute atomic E-state index is 0.0609. The lowest BCUT2D eigenvalue weighted by atomic mass is 9.98. The molecule has 20 heavy (non-hydrogen) atoms. The maximum Gasteiger partial charge on any atom is 0.306 e. The number of carboxylic acid groups (broad SMARTS) is 1. The fourth-order valence-electron chi connectivity index (χ4n) is 2.78. The van der Waals surface area contributed by atoms with Crippen LogP contribution in [0.3, 0.4) is 0 Å². The van der Waals surface area contributed by atoms with E-state index in [0.29, 0.717) is 19.7 Å². The Morgan fingerprint density at radius 3 is 2.70 bits per heavy atom. The SMILES string of the molecule is O=C(O)C[C@H]1CN(C(=O)COC2CCCCC2)CCO1. The first kappa shape index (κ1) is 15.3. The van der Waals surface area contributed by atoms with Crippen molar-refractivity contribution >= 4 is 11.9 Å². The maximum absolute atomic E-state index is 12.1. The highest BCUT2D eigenvalue weighted by Crippen LogP contribution is 2.20. The molecule has 1 heterocycles. The van der Waals surface area contributed by atoms with Crippen LogP contribution in [0.5, 0.6) is 0 Å². The van der Waals surface area contributed by atoms with Crippen molar-refractivity contribution < 1.29 is 24.2 Å². The van der Waals surface area contributed by atoms with Gasteiger partial charge < -0.3 is 19.5 Å². The van der Waals surface area contributed by atoms with Gasteiger partial charge in [0, 0.05) is 13.1 Å². The Morgan fingerprint density at radius 2 is 2.00 bits per heavy atom. The molecule has 0 aromatic rings. The van der Waals surface area contributed by atoms with Crippen molar-refractivity contribution in [3.8, 4) is 0 Å². The summed E-state index contributed by atoms with van der Waals surface area (Å²) < 4.78 is 11.0. The van der Waals surface area contributed by atoms with Crippen LogP contribution in [0, 0.1) is 0 Å². The van der Waals surface area contributed by atoms with Crippen LogP contribution in [-0.2, 0) is 19.1 Å². The topological polar surface area (TPSA) is 76.1 Å². The molecule has 1 saturated heterocycles. The zero-order valence-electron chi connectivity index (χ0n) is 11.8. The maximum atomic E-state index is 12.1. The number of hydrogen-bond acceptors (Lipinski definition) is 4. The highest BCUT2D eigenvalue weighted by Gasteiger charge is 2.26. The van der Waals surface area contributed by atoms with E-state index in [1.807, 2.05) is 0 Å². The molecule has 1 saturated carbocycles. The van der Waals surface area contributed by atoms with Gasteiger partial charge in [0.15, 0.2) is 0 Å². The normalized spacial score (nSPS) is 24.6. The van der Waals surface area contributed by atoms with E-state index in [9.17, 15) is 9.59 Å². The second-order valence-corrected chi connectivity index (χ2v) is 5.50. The van der Waals surface area contributed by atoms with E-state index in [-0.39, 0.29) is 25.0 Å². The van der Waals surface area contributed by atoms with E-state index in [1.54, 1.807) is 4.90 Å². The summed E-state index contributed by atoms with van der Waals surface area (Å²) in [5, 5.41) is 8.76. The van der Waals surface area contributed by atoms with Gasteiger partial charge in [0.25, 0.3) is 0 Å². The summed E-state index contributed by atoms with van der Waals surface area (Å²) in [6, 6.07) is 0. The molecule has 2 rings (SSSR count). The molecule has 114 valence electrons. The molecule has 0 unspecified atom stereocenters. The van der Waals surface area contributed by atoms with E-state index < -0.39 is 12.1 Å². The van der Waals surface area contributed by atoms with Gasteiger partial charge in [-0.05, 0) is 12.8 Å². The second-order valence-electron chi connectivity index (χ2n) is 5.50.